The maximum atomic E-state index is 12.4. The van der Waals surface area contributed by atoms with Crippen molar-refractivity contribution < 1.29 is 14.3 Å². The molecule has 22 heavy (non-hydrogen) atoms. The summed E-state index contributed by atoms with van der Waals surface area (Å²) in [5, 5.41) is 0. The fourth-order valence-electron chi connectivity index (χ4n) is 2.82. The van der Waals surface area contributed by atoms with Crippen LogP contribution in [-0.2, 0) is 16.0 Å². The molecule has 2 N–H and O–H groups in total. The van der Waals surface area contributed by atoms with E-state index in [0.717, 1.165) is 16.0 Å². The van der Waals surface area contributed by atoms with Crippen molar-refractivity contribution in [1.82, 2.24) is 0 Å². The minimum absolute atomic E-state index is 0.422. The van der Waals surface area contributed by atoms with E-state index in [1.807, 2.05) is 37.3 Å². The molecule has 6 heteroatoms. The van der Waals surface area contributed by atoms with E-state index in [1.54, 1.807) is 0 Å². The summed E-state index contributed by atoms with van der Waals surface area (Å²) in [6.45, 7) is 1.92. The number of aryl methyl sites for hydroxylation is 1. The number of nitrogens with two attached hydrogens (primary N) is 1. The van der Waals surface area contributed by atoms with E-state index in [4.69, 9.17) is 10.5 Å². The van der Waals surface area contributed by atoms with Gasteiger partial charge in [0.05, 0.1) is 0 Å². The summed E-state index contributed by atoms with van der Waals surface area (Å²) in [4.78, 5) is 25.7. The first-order valence-corrected chi connectivity index (χ1v) is 8.42. The van der Waals surface area contributed by atoms with Gasteiger partial charge in [-0.05, 0) is 40.0 Å². The molecule has 1 aromatic heterocycles. The van der Waals surface area contributed by atoms with Crippen molar-refractivity contribution in [3.8, 4) is 0 Å². The van der Waals surface area contributed by atoms with Crippen LogP contribution in [0.3, 0.4) is 0 Å². The Morgan fingerprint density at radius 2 is 2.09 bits per heavy atom. The third-order valence-electron chi connectivity index (χ3n) is 3.74. The molecule has 114 valence electrons. The lowest BCUT2D eigenvalue weighted by molar-refractivity contribution is -0.121. The van der Waals surface area contributed by atoms with Crippen LogP contribution in [0.15, 0.2) is 34.8 Å². The highest BCUT2D eigenvalue weighted by molar-refractivity contribution is 9.10. The minimum Gasteiger partial charge on any atom is -0.457 e. The standard InChI is InChI=1S/C16H14BrNO3S/c1-8-6-11(17)14(22-8)16(20)21-12-7-9-4-2-3-5-10(9)13(12)15(18)19/h2-6,12-13H,7H2,1H3,(H2,18,19). The summed E-state index contributed by atoms with van der Waals surface area (Å²) in [6, 6.07) is 9.43. The second kappa shape index (κ2) is 5.85. The predicted octanol–water partition coefficient (Wildman–Crippen LogP) is 3.17. The number of halogens is 1. The van der Waals surface area contributed by atoms with Crippen molar-refractivity contribution >= 4 is 39.1 Å². The number of carbonyl (C=O) groups excluding carboxylic acids is 2. The number of thiophene rings is 1. The average Bonchev–Trinajstić information content (AvgIpc) is 2.97. The number of esters is 1. The first-order valence-electron chi connectivity index (χ1n) is 6.81. The Bertz CT molecular complexity index is 756. The first-order chi connectivity index (χ1) is 10.5. The SMILES string of the molecule is Cc1cc(Br)c(C(=O)OC2Cc3ccccc3C2C(N)=O)s1. The smallest absolute Gasteiger partial charge is 0.349 e. The van der Waals surface area contributed by atoms with Crippen molar-refractivity contribution in [1.29, 1.82) is 0 Å². The van der Waals surface area contributed by atoms with Crippen molar-refractivity contribution in [3.05, 3.63) is 55.7 Å². The number of hydrogen-bond acceptors (Lipinski definition) is 4. The molecule has 1 amide bonds. The zero-order chi connectivity index (χ0) is 15.9. The van der Waals surface area contributed by atoms with E-state index in [0.29, 0.717) is 15.8 Å². The zero-order valence-electron chi connectivity index (χ0n) is 11.8. The Hall–Kier alpha value is -1.66. The van der Waals surface area contributed by atoms with Crippen molar-refractivity contribution in [2.75, 3.05) is 0 Å². The molecular weight excluding hydrogens is 366 g/mol. The van der Waals surface area contributed by atoms with Gasteiger partial charge in [-0.2, -0.15) is 0 Å². The highest BCUT2D eigenvalue weighted by Crippen LogP contribution is 2.36. The highest BCUT2D eigenvalue weighted by Gasteiger charge is 2.39. The number of fused-ring (bicyclic) bond motifs is 1. The number of benzene rings is 1. The molecule has 1 heterocycles. The Labute approximate surface area is 140 Å². The summed E-state index contributed by atoms with van der Waals surface area (Å²) < 4.78 is 6.30. The van der Waals surface area contributed by atoms with Gasteiger partial charge in [-0.25, -0.2) is 4.79 Å². The number of ether oxygens (including phenoxy) is 1. The largest absolute Gasteiger partial charge is 0.457 e. The zero-order valence-corrected chi connectivity index (χ0v) is 14.2. The van der Waals surface area contributed by atoms with Gasteiger partial charge in [0.2, 0.25) is 5.91 Å². The molecule has 3 rings (SSSR count). The first kappa shape index (κ1) is 15.2. The molecule has 0 saturated heterocycles. The van der Waals surface area contributed by atoms with E-state index in [2.05, 4.69) is 15.9 Å². The Kier molecular flexibility index (Phi) is 4.06. The predicted molar refractivity (Wildman–Crippen MR) is 88.0 cm³/mol. The van der Waals surface area contributed by atoms with Gasteiger partial charge < -0.3 is 10.5 Å². The van der Waals surface area contributed by atoms with Crippen LogP contribution in [0.1, 0.15) is 31.6 Å². The molecule has 0 radical (unpaired) electrons. The third-order valence-corrected chi connectivity index (χ3v) is 5.66. The van der Waals surface area contributed by atoms with Gasteiger partial charge in [0.25, 0.3) is 0 Å². The monoisotopic (exact) mass is 379 g/mol. The Morgan fingerprint density at radius 1 is 1.36 bits per heavy atom. The van der Waals surface area contributed by atoms with E-state index >= 15 is 0 Å². The molecule has 2 aromatic rings. The van der Waals surface area contributed by atoms with Gasteiger partial charge in [-0.15, -0.1) is 11.3 Å². The van der Waals surface area contributed by atoms with Crippen LogP contribution in [0.4, 0.5) is 0 Å². The lowest BCUT2D eigenvalue weighted by Gasteiger charge is -2.17. The Morgan fingerprint density at radius 3 is 2.73 bits per heavy atom. The normalized spacial score (nSPS) is 19.7. The molecule has 2 atom stereocenters. The summed E-state index contributed by atoms with van der Waals surface area (Å²) >= 11 is 4.72. The summed E-state index contributed by atoms with van der Waals surface area (Å²) in [5.74, 6) is -1.47. The molecule has 1 aliphatic carbocycles. The molecular formula is C16H14BrNO3S. The van der Waals surface area contributed by atoms with Gasteiger partial charge in [0, 0.05) is 15.8 Å². The average molecular weight is 380 g/mol. The van der Waals surface area contributed by atoms with E-state index in [1.165, 1.54) is 11.3 Å². The lowest BCUT2D eigenvalue weighted by Crippen LogP contribution is -2.32. The molecule has 1 aromatic carbocycles. The number of rotatable bonds is 3. The quantitative estimate of drug-likeness (QED) is 0.832. The van der Waals surface area contributed by atoms with Gasteiger partial charge >= 0.3 is 5.97 Å². The maximum absolute atomic E-state index is 12.4. The van der Waals surface area contributed by atoms with Crippen LogP contribution in [0.2, 0.25) is 0 Å². The molecule has 0 spiro atoms. The molecule has 2 unspecified atom stereocenters. The number of carbonyl (C=O) groups is 2. The van der Waals surface area contributed by atoms with E-state index in [-0.39, 0.29) is 0 Å². The van der Waals surface area contributed by atoms with Gasteiger partial charge in [-0.1, -0.05) is 24.3 Å². The molecule has 4 nitrogen and oxygen atoms in total. The van der Waals surface area contributed by atoms with Crippen molar-refractivity contribution in [2.24, 2.45) is 5.73 Å². The van der Waals surface area contributed by atoms with Crippen LogP contribution in [0, 0.1) is 6.92 Å². The lowest BCUT2D eigenvalue weighted by atomic mass is 9.99. The van der Waals surface area contributed by atoms with Crippen molar-refractivity contribution in [2.45, 2.75) is 25.4 Å². The second-order valence-corrected chi connectivity index (χ2v) is 7.37. The molecule has 0 saturated carbocycles. The Balaban J connectivity index is 1.85. The fourth-order valence-corrected chi connectivity index (χ4v) is 4.50. The fraction of sp³-hybridized carbons (Fsp3) is 0.250. The van der Waals surface area contributed by atoms with Gasteiger partial charge in [-0.3, -0.25) is 4.79 Å². The molecule has 0 fully saturated rings. The van der Waals surface area contributed by atoms with E-state index in [9.17, 15) is 9.59 Å². The van der Waals surface area contributed by atoms with Gasteiger partial charge in [0.1, 0.15) is 16.9 Å². The van der Waals surface area contributed by atoms with Crippen LogP contribution in [-0.4, -0.2) is 18.0 Å². The van der Waals surface area contributed by atoms with Crippen LogP contribution in [0.25, 0.3) is 0 Å². The number of amides is 1. The van der Waals surface area contributed by atoms with Gasteiger partial charge in [0.15, 0.2) is 0 Å². The third kappa shape index (κ3) is 2.68. The highest BCUT2D eigenvalue weighted by atomic mass is 79.9. The number of hydrogen-bond donors (Lipinski definition) is 1. The summed E-state index contributed by atoms with van der Waals surface area (Å²) in [6.07, 6.45) is -0.0333. The molecule has 0 aliphatic heterocycles. The number of primary amides is 1. The molecule has 0 bridgehead atoms. The van der Waals surface area contributed by atoms with E-state index < -0.39 is 23.9 Å². The maximum Gasteiger partial charge on any atom is 0.349 e. The van der Waals surface area contributed by atoms with Crippen molar-refractivity contribution in [3.63, 3.8) is 0 Å². The topological polar surface area (TPSA) is 69.4 Å². The van der Waals surface area contributed by atoms with Crippen LogP contribution >= 0.6 is 27.3 Å². The second-order valence-electron chi connectivity index (χ2n) is 5.26. The van der Waals surface area contributed by atoms with Crippen LogP contribution in [0.5, 0.6) is 0 Å². The summed E-state index contributed by atoms with van der Waals surface area (Å²) in [5.41, 5.74) is 7.38. The summed E-state index contributed by atoms with van der Waals surface area (Å²) in [7, 11) is 0. The minimum atomic E-state index is -0.583. The molecule has 1 aliphatic rings. The van der Waals surface area contributed by atoms with Crippen LogP contribution < -0.4 is 5.73 Å².